The van der Waals surface area contributed by atoms with E-state index >= 15 is 0 Å². The van der Waals surface area contributed by atoms with Gasteiger partial charge in [0.25, 0.3) is 0 Å². The first-order chi connectivity index (χ1) is 34.9. The molecule has 5 aromatic carbocycles. The molecule has 6 nitrogen and oxygen atoms in total. The highest BCUT2D eigenvalue weighted by molar-refractivity contribution is 7.69. The van der Waals surface area contributed by atoms with E-state index in [9.17, 15) is 121 Å². The molecular weight excluding hydrogens is 1150 g/mol. The molecule has 3 N–H and O–H groups in total. The number of hydrogen-bond donors (Lipinski definition) is 3. The molecule has 0 aromatic heterocycles. The number of aliphatic hydroxyl groups is 3. The Morgan fingerprint density at radius 2 is 0.649 bits per heavy atom. The van der Waals surface area contributed by atoms with Crippen molar-refractivity contribution in [1.29, 1.82) is 0 Å². The maximum atomic E-state index is 14.4. The van der Waals surface area contributed by atoms with E-state index in [1.165, 1.54) is 6.07 Å². The molecule has 32 heteroatoms. The highest BCUT2D eigenvalue weighted by atomic mass is 31.1. The number of rotatable bonds is 9. The molecule has 2 aliphatic rings. The second-order valence-electron chi connectivity index (χ2n) is 17.0. The molecule has 1 aliphatic carbocycles. The van der Waals surface area contributed by atoms with Gasteiger partial charge in [0.05, 0.1) is 66.9 Å². The van der Waals surface area contributed by atoms with Crippen LogP contribution in [0.1, 0.15) is 56.0 Å². The molecule has 77 heavy (non-hydrogen) atoms. The van der Waals surface area contributed by atoms with Crippen molar-refractivity contribution in [2.75, 3.05) is 0 Å². The first-order valence-electron chi connectivity index (χ1n) is 20.8. The summed E-state index contributed by atoms with van der Waals surface area (Å²) in [6, 6.07) is 0.783. The Bertz CT molecular complexity index is 2690. The molecule has 1 saturated heterocycles. The third-order valence-corrected chi connectivity index (χ3v) is 15.6. The lowest BCUT2D eigenvalue weighted by Crippen LogP contribution is -2.80. The van der Waals surface area contributed by atoms with Crippen LogP contribution in [0.15, 0.2) is 103 Å². The molecule has 1 aliphatic heterocycles. The summed E-state index contributed by atoms with van der Waals surface area (Å²) < 4.78 is 363. The summed E-state index contributed by atoms with van der Waals surface area (Å²) in [6.07, 6.45) is -61.5. The minimum absolute atomic E-state index is 0.304. The molecule has 420 valence electrons. The van der Waals surface area contributed by atoms with Crippen LogP contribution in [0.3, 0.4) is 0 Å². The zero-order chi connectivity index (χ0) is 57.8. The van der Waals surface area contributed by atoms with Crippen molar-refractivity contribution in [3.05, 3.63) is 153 Å². The monoisotopic (exact) mass is 1180 g/mol. The summed E-state index contributed by atoms with van der Waals surface area (Å²) in [4.78, 5) is 0. The Hall–Kier alpha value is -4.96. The first-order valence-corrected chi connectivity index (χ1v) is 23.3. The predicted octanol–water partition coefficient (Wildman–Crippen LogP) is 12.6. The summed E-state index contributed by atoms with van der Waals surface area (Å²) in [5.41, 5.74) is -22.6. The third-order valence-electron chi connectivity index (χ3n) is 11.8. The predicted molar refractivity (Wildman–Crippen MR) is 219 cm³/mol. The number of ether oxygens (including phenoxy) is 1. The molecule has 2 unspecified atom stereocenters. The van der Waals surface area contributed by atoms with Gasteiger partial charge >= 0.3 is 49.4 Å². The zero-order valence-corrected chi connectivity index (χ0v) is 38.6. The van der Waals surface area contributed by atoms with Crippen LogP contribution in [0.4, 0.5) is 105 Å². The highest BCUT2D eigenvalue weighted by Gasteiger charge is 2.73. The largest absolute Gasteiger partial charge is 0.416 e. The van der Waals surface area contributed by atoms with Gasteiger partial charge in [-0.3, -0.25) is 0 Å². The maximum absolute atomic E-state index is 14.4. The summed E-state index contributed by atoms with van der Waals surface area (Å²) in [5.74, 6) is -2.14. The van der Waals surface area contributed by atoms with Crippen LogP contribution < -0.4 is 21.2 Å². The standard InChI is InChI=1S/C45H26F24O6P2/c46-38(47,48)19-6-20(39(49,50)51)11-27(10-19)76(28-12-21(40(52,53)54)7-22(13-28)41(55,56)57)74-33-35(37(72)31(18-4-2-1-3-5-18)32(70)34(37)73-36(33)71)75-77(29-14-23(42(58,59)60)8-24(15-29)43(61,62)63)30-16-25(44(64,65)66)9-26(17-30)45(67,68)69/h1-17,31-36,70-72H/t31?,32?,33-,34-,35-,36-,37-/m1/s1. The van der Waals surface area contributed by atoms with E-state index in [1.807, 2.05) is 0 Å². The van der Waals surface area contributed by atoms with Crippen LogP contribution in [0.5, 0.6) is 0 Å². The van der Waals surface area contributed by atoms with Crippen LogP contribution in [0.25, 0.3) is 0 Å². The summed E-state index contributed by atoms with van der Waals surface area (Å²) in [6.45, 7) is 0. The van der Waals surface area contributed by atoms with E-state index in [1.54, 1.807) is 0 Å². The number of fused-ring (bicyclic) bond motifs is 1. The van der Waals surface area contributed by atoms with E-state index < -0.39 is 198 Å². The van der Waals surface area contributed by atoms with Crippen molar-refractivity contribution in [2.24, 2.45) is 0 Å². The van der Waals surface area contributed by atoms with Gasteiger partial charge in [0.2, 0.25) is 0 Å². The van der Waals surface area contributed by atoms with Crippen molar-refractivity contribution < 1.29 is 134 Å². The van der Waals surface area contributed by atoms with E-state index in [0.29, 0.717) is 0 Å². The van der Waals surface area contributed by atoms with Crippen molar-refractivity contribution in [3.8, 4) is 0 Å². The normalized spacial score (nSPS) is 23.1. The smallest absolute Gasteiger partial charge is 0.390 e. The fraction of sp³-hybridized carbons (Fsp3) is 0.333. The van der Waals surface area contributed by atoms with E-state index in [0.717, 1.165) is 24.3 Å². The van der Waals surface area contributed by atoms with E-state index in [2.05, 4.69) is 0 Å². The molecule has 7 atom stereocenters. The van der Waals surface area contributed by atoms with Gasteiger partial charge in [-0.2, -0.15) is 105 Å². The van der Waals surface area contributed by atoms with Crippen LogP contribution in [-0.4, -0.2) is 51.6 Å². The van der Waals surface area contributed by atoms with Gasteiger partial charge < -0.3 is 29.1 Å². The van der Waals surface area contributed by atoms with Gasteiger partial charge in [0.1, 0.15) is 23.9 Å². The fourth-order valence-electron chi connectivity index (χ4n) is 8.33. The van der Waals surface area contributed by atoms with Crippen LogP contribution in [-0.2, 0) is 63.2 Å². The average molecular weight is 1180 g/mol. The number of halogens is 24. The lowest BCUT2D eigenvalue weighted by atomic mass is 9.57. The van der Waals surface area contributed by atoms with Gasteiger partial charge in [-0.1, -0.05) is 30.3 Å². The number of aliphatic hydroxyl groups excluding tert-OH is 2. The molecule has 0 radical (unpaired) electrons. The van der Waals surface area contributed by atoms with Gasteiger partial charge in [0.15, 0.2) is 6.29 Å². The minimum atomic E-state index is -5.89. The Kier molecular flexibility index (Phi) is 15.5. The lowest BCUT2D eigenvalue weighted by molar-refractivity contribution is -0.371. The number of benzene rings is 5. The Balaban J connectivity index is 1.60. The molecule has 1 saturated carbocycles. The molecular formula is C45H26F24O6P2. The Morgan fingerprint density at radius 1 is 0.390 bits per heavy atom. The molecule has 2 fully saturated rings. The molecule has 1 heterocycles. The number of hydrogen-bond acceptors (Lipinski definition) is 6. The molecule has 0 spiro atoms. The highest BCUT2D eigenvalue weighted by Crippen LogP contribution is 2.59. The average Bonchev–Trinajstić information content (AvgIpc) is 3.29. The van der Waals surface area contributed by atoms with Gasteiger partial charge in [-0.15, -0.1) is 0 Å². The first kappa shape index (κ1) is 59.7. The third kappa shape index (κ3) is 12.4. The van der Waals surface area contributed by atoms with Crippen molar-refractivity contribution in [1.82, 2.24) is 0 Å². The summed E-state index contributed by atoms with van der Waals surface area (Å²) in [7, 11) is -8.80. The van der Waals surface area contributed by atoms with Crippen LogP contribution in [0, 0.1) is 0 Å². The zero-order valence-electron chi connectivity index (χ0n) is 36.8. The lowest BCUT2D eigenvalue weighted by Gasteiger charge is -2.63. The molecule has 7 rings (SSSR count). The molecule has 0 bridgehead atoms. The van der Waals surface area contributed by atoms with E-state index in [-0.39, 0.29) is 54.1 Å². The van der Waals surface area contributed by atoms with E-state index in [4.69, 9.17) is 13.8 Å². The van der Waals surface area contributed by atoms with Gasteiger partial charge in [-0.05, 0) is 78.4 Å². The quantitative estimate of drug-likeness (QED) is 0.101. The topological polar surface area (TPSA) is 88.4 Å². The fourth-order valence-corrected chi connectivity index (χ4v) is 12.4. The maximum Gasteiger partial charge on any atom is 0.416 e. The van der Waals surface area contributed by atoms with Crippen LogP contribution >= 0.6 is 16.3 Å². The van der Waals surface area contributed by atoms with Crippen LogP contribution in [0.2, 0.25) is 0 Å². The molecule has 5 aromatic rings. The SMILES string of the molecule is OC1C(c2ccccc2)[C@@]2(O)[C@@H]1O[C@@H](O)[C@H](OP(c1cc(C(F)(F)F)cc(C(F)(F)F)c1)c1cc(C(F)(F)F)cc(C(F)(F)F)c1)[C@H]2OP(c1cc(C(F)(F)F)cc(C(F)(F)F)c1)c1cc(C(F)(F)F)cc(C(F)(F)F)c1. The summed E-state index contributed by atoms with van der Waals surface area (Å²) >= 11 is 0. The molecule has 0 amide bonds. The van der Waals surface area contributed by atoms with Gasteiger partial charge in [-0.25, -0.2) is 0 Å². The van der Waals surface area contributed by atoms with Crippen molar-refractivity contribution in [2.45, 2.75) is 91.6 Å². The Labute approximate surface area is 416 Å². The van der Waals surface area contributed by atoms with Crippen molar-refractivity contribution >= 4 is 37.5 Å². The second-order valence-corrected chi connectivity index (χ2v) is 20.6. The van der Waals surface area contributed by atoms with Gasteiger partial charge in [0, 0.05) is 27.1 Å². The summed E-state index contributed by atoms with van der Waals surface area (Å²) in [5, 5.41) is 29.1. The number of alkyl halides is 24. The minimum Gasteiger partial charge on any atom is -0.390 e. The van der Waals surface area contributed by atoms with Crippen molar-refractivity contribution in [3.63, 3.8) is 0 Å². The second kappa shape index (κ2) is 20.0. The Morgan fingerprint density at radius 3 is 0.909 bits per heavy atom.